The molecule has 0 saturated heterocycles. The van der Waals surface area contributed by atoms with E-state index >= 15 is 0 Å². The normalized spacial score (nSPS) is 11.9. The maximum atomic E-state index is 5.78. The monoisotopic (exact) mass is 440 g/mol. The van der Waals surface area contributed by atoms with E-state index in [1.807, 2.05) is 20.1 Å². The summed E-state index contributed by atoms with van der Waals surface area (Å²) in [5.41, 5.74) is 5.78. The first-order valence-electron chi connectivity index (χ1n) is 7.46. The number of nitrogens with zero attached hydrogens (tertiary/aromatic N) is 4. The third-order valence-corrected chi connectivity index (χ3v) is 3.47. The summed E-state index contributed by atoms with van der Waals surface area (Å²) in [6.07, 6.45) is 3.83. The lowest BCUT2D eigenvalue weighted by molar-refractivity contribution is 0.477. The Bertz CT molecular complexity index is 458. The van der Waals surface area contributed by atoms with Gasteiger partial charge in [0.2, 0.25) is 0 Å². The van der Waals surface area contributed by atoms with E-state index in [0.29, 0.717) is 24.5 Å². The number of thioether (sulfide) groups is 1. The van der Waals surface area contributed by atoms with E-state index in [0.717, 1.165) is 30.4 Å². The zero-order valence-corrected chi connectivity index (χ0v) is 17.3. The van der Waals surface area contributed by atoms with Crippen LogP contribution in [-0.2, 0) is 13.0 Å². The molecule has 1 aromatic heterocycles. The van der Waals surface area contributed by atoms with Gasteiger partial charge in [-0.15, -0.1) is 34.2 Å². The highest BCUT2D eigenvalue weighted by Crippen LogP contribution is 2.16. The highest BCUT2D eigenvalue weighted by Gasteiger charge is 2.12. The Morgan fingerprint density at radius 1 is 1.32 bits per heavy atom. The molecule has 22 heavy (non-hydrogen) atoms. The van der Waals surface area contributed by atoms with E-state index in [2.05, 4.69) is 38.9 Å². The fourth-order valence-corrected chi connectivity index (χ4v) is 2.50. The predicted octanol–water partition coefficient (Wildman–Crippen LogP) is 2.52. The van der Waals surface area contributed by atoms with Gasteiger partial charge >= 0.3 is 0 Å². The van der Waals surface area contributed by atoms with E-state index in [9.17, 15) is 0 Å². The molecule has 0 fully saturated rings. The first kappa shape index (κ1) is 21.5. The zero-order valence-electron chi connectivity index (χ0n) is 14.2. The Hall–Kier alpha value is -0.510. The molecule has 0 saturated carbocycles. The second-order valence-electron chi connectivity index (χ2n) is 5.78. The third-order valence-electron chi connectivity index (χ3n) is 2.80. The highest BCUT2D eigenvalue weighted by atomic mass is 127. The van der Waals surface area contributed by atoms with Gasteiger partial charge in [-0.1, -0.05) is 25.6 Å². The van der Waals surface area contributed by atoms with Crippen LogP contribution in [0.5, 0.6) is 0 Å². The van der Waals surface area contributed by atoms with E-state index in [1.54, 1.807) is 11.8 Å². The van der Waals surface area contributed by atoms with Crippen LogP contribution in [0.3, 0.4) is 0 Å². The minimum Gasteiger partial charge on any atom is -0.370 e. The van der Waals surface area contributed by atoms with Crippen molar-refractivity contribution in [3.8, 4) is 0 Å². The van der Waals surface area contributed by atoms with Gasteiger partial charge in [0.25, 0.3) is 0 Å². The van der Waals surface area contributed by atoms with Crippen LogP contribution in [0, 0.1) is 5.92 Å². The Morgan fingerprint density at radius 3 is 2.55 bits per heavy atom. The molecular weight excluding hydrogens is 411 g/mol. The molecule has 0 radical (unpaired) electrons. The average molecular weight is 440 g/mol. The van der Waals surface area contributed by atoms with Crippen LogP contribution in [0.25, 0.3) is 0 Å². The molecule has 0 aliphatic heterocycles. The van der Waals surface area contributed by atoms with Crippen molar-refractivity contribution in [1.29, 1.82) is 0 Å². The molecule has 0 unspecified atom stereocenters. The molecule has 8 heteroatoms. The summed E-state index contributed by atoms with van der Waals surface area (Å²) in [5, 5.41) is 12.6. The first-order chi connectivity index (χ1) is 9.93. The topological polar surface area (TPSA) is 81.1 Å². The molecular formula is C14H29IN6S. The van der Waals surface area contributed by atoms with Gasteiger partial charge in [-0.2, -0.15) is 0 Å². The van der Waals surface area contributed by atoms with Crippen LogP contribution < -0.4 is 11.1 Å². The van der Waals surface area contributed by atoms with Crippen LogP contribution >= 0.6 is 35.7 Å². The molecule has 1 heterocycles. The molecule has 1 aromatic rings. The molecule has 3 N–H and O–H groups in total. The Balaban J connectivity index is 0.00000441. The molecule has 0 atom stereocenters. The van der Waals surface area contributed by atoms with Crippen LogP contribution in [0.15, 0.2) is 10.1 Å². The minimum absolute atomic E-state index is 0. The second-order valence-corrected chi connectivity index (χ2v) is 6.55. The standard InChI is InChI=1S/C14H28N6S.HI/c1-10(2)9-20-12(18-19-14(20)21-5)7-6-8-16-13(15)17-11(3)4;/h10-11H,6-9H2,1-5H3,(H3,15,16,17);1H. The fourth-order valence-electron chi connectivity index (χ4n) is 1.98. The summed E-state index contributed by atoms with van der Waals surface area (Å²) < 4.78 is 2.22. The molecule has 6 nitrogen and oxygen atoms in total. The quantitative estimate of drug-likeness (QED) is 0.214. The Morgan fingerprint density at radius 2 is 2.00 bits per heavy atom. The number of aromatic nitrogens is 3. The first-order valence-corrected chi connectivity index (χ1v) is 8.69. The summed E-state index contributed by atoms with van der Waals surface area (Å²) in [6, 6.07) is 0.312. The van der Waals surface area contributed by atoms with Gasteiger partial charge in [-0.05, 0) is 32.4 Å². The molecule has 128 valence electrons. The zero-order chi connectivity index (χ0) is 15.8. The summed E-state index contributed by atoms with van der Waals surface area (Å²) >= 11 is 1.64. The lowest BCUT2D eigenvalue weighted by Crippen LogP contribution is -2.36. The van der Waals surface area contributed by atoms with Crippen LogP contribution in [0.1, 0.15) is 39.9 Å². The van der Waals surface area contributed by atoms with Crippen molar-refractivity contribution in [3.05, 3.63) is 5.82 Å². The molecule has 0 bridgehead atoms. The van der Waals surface area contributed by atoms with Gasteiger partial charge in [0.15, 0.2) is 11.1 Å². The van der Waals surface area contributed by atoms with Crippen LogP contribution in [0.2, 0.25) is 0 Å². The van der Waals surface area contributed by atoms with Crippen molar-refractivity contribution in [2.45, 2.75) is 58.3 Å². The van der Waals surface area contributed by atoms with Crippen molar-refractivity contribution in [2.75, 3.05) is 12.8 Å². The number of hydrogen-bond donors (Lipinski definition) is 2. The molecule has 0 amide bonds. The summed E-state index contributed by atoms with van der Waals surface area (Å²) in [5.74, 6) is 2.13. The number of rotatable bonds is 8. The predicted molar refractivity (Wildman–Crippen MR) is 105 cm³/mol. The highest BCUT2D eigenvalue weighted by molar-refractivity contribution is 14.0. The van der Waals surface area contributed by atoms with E-state index < -0.39 is 0 Å². The SMILES string of the molecule is CSc1nnc(CCCN=C(N)NC(C)C)n1CC(C)C.I. The largest absolute Gasteiger partial charge is 0.370 e. The molecule has 0 spiro atoms. The van der Waals surface area contributed by atoms with E-state index in [4.69, 9.17) is 5.73 Å². The van der Waals surface area contributed by atoms with Crippen molar-refractivity contribution in [3.63, 3.8) is 0 Å². The number of aryl methyl sites for hydroxylation is 1. The summed E-state index contributed by atoms with van der Waals surface area (Å²) in [4.78, 5) is 4.32. The average Bonchev–Trinajstić information content (AvgIpc) is 2.75. The second kappa shape index (κ2) is 11.1. The lowest BCUT2D eigenvalue weighted by Gasteiger charge is -2.11. The summed E-state index contributed by atoms with van der Waals surface area (Å²) in [6.45, 7) is 10.2. The van der Waals surface area contributed by atoms with Gasteiger partial charge in [0.05, 0.1) is 0 Å². The number of halogens is 1. The number of nitrogens with one attached hydrogen (secondary N) is 1. The Labute approximate surface area is 155 Å². The van der Waals surface area contributed by atoms with Crippen molar-refractivity contribution < 1.29 is 0 Å². The number of aliphatic imine (C=N–C) groups is 1. The molecule has 0 aliphatic carbocycles. The van der Waals surface area contributed by atoms with Crippen LogP contribution in [0.4, 0.5) is 0 Å². The molecule has 1 rings (SSSR count). The van der Waals surface area contributed by atoms with Gasteiger partial charge in [-0.3, -0.25) is 4.99 Å². The third kappa shape index (κ3) is 7.66. The number of nitrogens with two attached hydrogens (primary N) is 1. The Kier molecular flexibility index (Phi) is 10.8. The number of guanidine groups is 1. The number of hydrogen-bond acceptors (Lipinski definition) is 4. The van der Waals surface area contributed by atoms with Gasteiger partial charge < -0.3 is 15.6 Å². The molecule has 0 aromatic carbocycles. The summed E-state index contributed by atoms with van der Waals surface area (Å²) in [7, 11) is 0. The minimum atomic E-state index is 0. The van der Waals surface area contributed by atoms with E-state index in [1.165, 1.54) is 0 Å². The van der Waals surface area contributed by atoms with Crippen molar-refractivity contribution in [2.24, 2.45) is 16.6 Å². The lowest BCUT2D eigenvalue weighted by atomic mass is 10.2. The molecule has 0 aliphatic rings. The maximum Gasteiger partial charge on any atom is 0.190 e. The van der Waals surface area contributed by atoms with Gasteiger partial charge in [-0.25, -0.2) is 0 Å². The van der Waals surface area contributed by atoms with Gasteiger partial charge in [0.1, 0.15) is 5.82 Å². The van der Waals surface area contributed by atoms with Gasteiger partial charge in [0, 0.05) is 25.6 Å². The smallest absolute Gasteiger partial charge is 0.190 e. The van der Waals surface area contributed by atoms with Crippen molar-refractivity contribution in [1.82, 2.24) is 20.1 Å². The van der Waals surface area contributed by atoms with E-state index in [-0.39, 0.29) is 24.0 Å². The fraction of sp³-hybridized carbons (Fsp3) is 0.786. The van der Waals surface area contributed by atoms with Crippen LogP contribution in [-0.4, -0.2) is 39.6 Å². The maximum absolute atomic E-state index is 5.78. The van der Waals surface area contributed by atoms with Crippen molar-refractivity contribution >= 4 is 41.7 Å².